The van der Waals surface area contributed by atoms with E-state index in [0.717, 1.165) is 21.3 Å². The topological polar surface area (TPSA) is 32.3 Å². The maximum absolute atomic E-state index is 11.9. The Hall–Kier alpha value is -2.07. The van der Waals surface area contributed by atoms with Crippen molar-refractivity contribution in [3.05, 3.63) is 76.3 Å². The summed E-state index contributed by atoms with van der Waals surface area (Å²) >= 11 is 3.44. The van der Waals surface area contributed by atoms with Crippen LogP contribution in [0.3, 0.4) is 0 Å². The molecule has 0 saturated heterocycles. The number of halogens is 1. The standard InChI is InChI=1S/C17H15BrN2O/c1-12(21)20-17(14-7-9-15(18)10-8-14)11-16(19-20)13-5-3-2-4-6-13/h2-11,17,19H,1H3. The maximum atomic E-state index is 11.9. The van der Waals surface area contributed by atoms with Gasteiger partial charge in [-0.1, -0.05) is 58.4 Å². The highest BCUT2D eigenvalue weighted by molar-refractivity contribution is 9.10. The molecule has 1 unspecified atom stereocenters. The molecule has 0 aliphatic carbocycles. The van der Waals surface area contributed by atoms with E-state index in [1.807, 2.05) is 54.6 Å². The van der Waals surface area contributed by atoms with Crippen LogP contribution in [0.1, 0.15) is 24.1 Å². The van der Waals surface area contributed by atoms with Gasteiger partial charge in [-0.2, -0.15) is 0 Å². The van der Waals surface area contributed by atoms with Crippen LogP contribution in [-0.2, 0) is 4.79 Å². The summed E-state index contributed by atoms with van der Waals surface area (Å²) < 4.78 is 1.03. The summed E-state index contributed by atoms with van der Waals surface area (Å²) in [6.45, 7) is 1.57. The van der Waals surface area contributed by atoms with Crippen molar-refractivity contribution in [3.8, 4) is 0 Å². The van der Waals surface area contributed by atoms with Crippen LogP contribution in [0.15, 0.2) is 65.1 Å². The third-order valence-electron chi connectivity index (χ3n) is 3.48. The quantitative estimate of drug-likeness (QED) is 0.897. The van der Waals surface area contributed by atoms with Gasteiger partial charge >= 0.3 is 0 Å². The maximum Gasteiger partial charge on any atom is 0.238 e. The van der Waals surface area contributed by atoms with E-state index in [1.54, 1.807) is 11.9 Å². The second-order valence-corrected chi connectivity index (χ2v) is 5.86. The number of benzene rings is 2. The minimum absolute atomic E-state index is 0.00917. The van der Waals surface area contributed by atoms with E-state index in [-0.39, 0.29) is 11.9 Å². The third-order valence-corrected chi connectivity index (χ3v) is 4.01. The van der Waals surface area contributed by atoms with Crippen molar-refractivity contribution in [1.82, 2.24) is 10.4 Å². The average molecular weight is 343 g/mol. The van der Waals surface area contributed by atoms with Crippen molar-refractivity contribution in [2.45, 2.75) is 13.0 Å². The van der Waals surface area contributed by atoms with Crippen LogP contribution >= 0.6 is 15.9 Å². The zero-order valence-corrected chi connectivity index (χ0v) is 13.2. The van der Waals surface area contributed by atoms with Gasteiger partial charge in [-0.05, 0) is 29.3 Å². The fourth-order valence-corrected chi connectivity index (χ4v) is 2.69. The number of nitrogens with one attached hydrogen (secondary N) is 1. The van der Waals surface area contributed by atoms with Crippen molar-refractivity contribution in [2.24, 2.45) is 0 Å². The molecule has 4 heteroatoms. The second kappa shape index (κ2) is 5.74. The van der Waals surface area contributed by atoms with Crippen molar-refractivity contribution in [1.29, 1.82) is 0 Å². The SMILES string of the molecule is CC(=O)N1NC(c2ccccc2)=CC1c1ccc(Br)cc1. The first-order chi connectivity index (χ1) is 10.1. The van der Waals surface area contributed by atoms with Gasteiger partial charge in [-0.3, -0.25) is 10.2 Å². The summed E-state index contributed by atoms with van der Waals surface area (Å²) in [5.41, 5.74) is 6.31. The first-order valence-electron chi connectivity index (χ1n) is 6.74. The summed E-state index contributed by atoms with van der Waals surface area (Å²) in [6.07, 6.45) is 2.08. The van der Waals surface area contributed by atoms with E-state index >= 15 is 0 Å². The summed E-state index contributed by atoms with van der Waals surface area (Å²) in [4.78, 5) is 11.9. The number of nitrogens with zero attached hydrogens (tertiary/aromatic N) is 1. The highest BCUT2D eigenvalue weighted by Gasteiger charge is 2.28. The van der Waals surface area contributed by atoms with E-state index in [2.05, 4.69) is 27.4 Å². The Morgan fingerprint density at radius 3 is 2.38 bits per heavy atom. The van der Waals surface area contributed by atoms with Gasteiger partial charge in [0.25, 0.3) is 0 Å². The van der Waals surface area contributed by atoms with Crippen molar-refractivity contribution in [2.75, 3.05) is 0 Å². The lowest BCUT2D eigenvalue weighted by atomic mass is 10.0. The van der Waals surface area contributed by atoms with E-state index in [0.29, 0.717) is 0 Å². The number of amides is 1. The predicted octanol–water partition coefficient (Wildman–Crippen LogP) is 3.90. The molecule has 0 spiro atoms. The fraction of sp³-hybridized carbons (Fsp3) is 0.118. The zero-order valence-electron chi connectivity index (χ0n) is 11.6. The van der Waals surface area contributed by atoms with Crippen LogP contribution in [0.4, 0.5) is 0 Å². The first-order valence-corrected chi connectivity index (χ1v) is 7.53. The van der Waals surface area contributed by atoms with Crippen LogP contribution in [0.5, 0.6) is 0 Å². The molecule has 1 aliphatic rings. The van der Waals surface area contributed by atoms with Crippen molar-refractivity contribution in [3.63, 3.8) is 0 Å². The minimum atomic E-state index is -0.0918. The number of hydrogen-bond acceptors (Lipinski definition) is 2. The van der Waals surface area contributed by atoms with Crippen LogP contribution in [0, 0.1) is 0 Å². The smallest absolute Gasteiger partial charge is 0.238 e. The minimum Gasteiger partial charge on any atom is -0.295 e. The molecule has 0 radical (unpaired) electrons. The normalized spacial score (nSPS) is 17.3. The Morgan fingerprint density at radius 1 is 1.10 bits per heavy atom. The highest BCUT2D eigenvalue weighted by atomic mass is 79.9. The summed E-state index contributed by atoms with van der Waals surface area (Å²) in [5.74, 6) is -0.00917. The van der Waals surface area contributed by atoms with Gasteiger partial charge in [0.15, 0.2) is 0 Å². The number of carbonyl (C=O) groups is 1. The van der Waals surface area contributed by atoms with E-state index < -0.39 is 0 Å². The van der Waals surface area contributed by atoms with E-state index in [9.17, 15) is 4.79 Å². The molecule has 1 atom stereocenters. The van der Waals surface area contributed by atoms with Crippen LogP contribution in [-0.4, -0.2) is 10.9 Å². The molecular weight excluding hydrogens is 328 g/mol. The molecule has 1 heterocycles. The number of hydrazine groups is 1. The molecule has 0 bridgehead atoms. The average Bonchev–Trinajstić information content (AvgIpc) is 2.94. The highest BCUT2D eigenvalue weighted by Crippen LogP contribution is 2.31. The zero-order chi connectivity index (χ0) is 14.8. The van der Waals surface area contributed by atoms with Gasteiger partial charge in [0, 0.05) is 11.4 Å². The molecule has 1 aliphatic heterocycles. The number of rotatable bonds is 2. The molecule has 2 aromatic carbocycles. The molecule has 3 nitrogen and oxygen atoms in total. The van der Waals surface area contributed by atoms with Gasteiger partial charge in [0.05, 0.1) is 11.7 Å². The number of hydrogen-bond donors (Lipinski definition) is 1. The summed E-state index contributed by atoms with van der Waals surface area (Å²) in [7, 11) is 0. The van der Waals surface area contributed by atoms with Gasteiger partial charge in [-0.25, -0.2) is 5.01 Å². The summed E-state index contributed by atoms with van der Waals surface area (Å²) in [6, 6.07) is 17.9. The largest absolute Gasteiger partial charge is 0.295 e. The lowest BCUT2D eigenvalue weighted by molar-refractivity contribution is -0.132. The molecule has 2 aromatic rings. The molecule has 1 N–H and O–H groups in total. The molecule has 0 fully saturated rings. The Kier molecular flexibility index (Phi) is 3.80. The molecule has 0 aromatic heterocycles. The van der Waals surface area contributed by atoms with Crippen LogP contribution < -0.4 is 5.43 Å². The fourth-order valence-electron chi connectivity index (χ4n) is 2.43. The van der Waals surface area contributed by atoms with Crippen molar-refractivity contribution >= 4 is 27.5 Å². The predicted molar refractivity (Wildman–Crippen MR) is 87.0 cm³/mol. The molecule has 3 rings (SSSR count). The molecular formula is C17H15BrN2O. The Morgan fingerprint density at radius 2 is 1.76 bits per heavy atom. The lowest BCUT2D eigenvalue weighted by Gasteiger charge is -2.24. The first kappa shape index (κ1) is 13.9. The molecule has 21 heavy (non-hydrogen) atoms. The van der Waals surface area contributed by atoms with Gasteiger partial charge in [0.2, 0.25) is 5.91 Å². The Bertz CT molecular complexity index is 680. The third kappa shape index (κ3) is 2.85. The van der Waals surface area contributed by atoms with E-state index in [1.165, 1.54) is 0 Å². The lowest BCUT2D eigenvalue weighted by Crippen LogP contribution is -2.37. The van der Waals surface area contributed by atoms with Crippen LogP contribution in [0.25, 0.3) is 5.70 Å². The molecule has 0 saturated carbocycles. The molecule has 106 valence electrons. The number of carbonyl (C=O) groups excluding carboxylic acids is 1. The van der Waals surface area contributed by atoms with Crippen LogP contribution in [0.2, 0.25) is 0 Å². The Labute approximate surface area is 132 Å². The Balaban J connectivity index is 1.97. The van der Waals surface area contributed by atoms with Gasteiger partial charge in [-0.15, -0.1) is 0 Å². The van der Waals surface area contributed by atoms with Gasteiger partial charge in [0.1, 0.15) is 0 Å². The van der Waals surface area contributed by atoms with Crippen molar-refractivity contribution < 1.29 is 4.79 Å². The van der Waals surface area contributed by atoms with E-state index in [4.69, 9.17) is 0 Å². The monoisotopic (exact) mass is 342 g/mol. The molecule has 1 amide bonds. The second-order valence-electron chi connectivity index (χ2n) is 4.94. The van der Waals surface area contributed by atoms with Gasteiger partial charge < -0.3 is 0 Å². The summed E-state index contributed by atoms with van der Waals surface area (Å²) in [5, 5.41) is 1.66.